The molecule has 87 valence electrons. The summed E-state index contributed by atoms with van der Waals surface area (Å²) in [5.74, 6) is 0. The van der Waals surface area contributed by atoms with Crippen LogP contribution in [-0.2, 0) is 6.42 Å². The summed E-state index contributed by atoms with van der Waals surface area (Å²) in [6.45, 7) is 8.66. The van der Waals surface area contributed by atoms with Gasteiger partial charge in [0.1, 0.15) is 0 Å². The second-order valence-corrected chi connectivity index (χ2v) is 4.65. The third-order valence-corrected chi connectivity index (χ3v) is 3.25. The Hall–Kier alpha value is -1.56. The Morgan fingerprint density at radius 3 is 2.41 bits per heavy atom. The zero-order valence-corrected chi connectivity index (χ0v) is 11.1. The summed E-state index contributed by atoms with van der Waals surface area (Å²) in [5, 5.41) is 0. The predicted molar refractivity (Wildman–Crippen MR) is 74.3 cm³/mol. The Morgan fingerprint density at radius 2 is 1.76 bits per heavy atom. The van der Waals surface area contributed by atoms with Gasteiger partial charge in [0.2, 0.25) is 0 Å². The van der Waals surface area contributed by atoms with Crippen molar-refractivity contribution in [2.24, 2.45) is 0 Å². The van der Waals surface area contributed by atoms with Crippen molar-refractivity contribution in [1.82, 2.24) is 0 Å². The Balaban J connectivity index is 2.68. The molecule has 0 spiro atoms. The van der Waals surface area contributed by atoms with E-state index in [1.54, 1.807) is 0 Å². The van der Waals surface area contributed by atoms with Gasteiger partial charge >= 0.3 is 0 Å². The van der Waals surface area contributed by atoms with Crippen LogP contribution in [0.4, 0.5) is 0 Å². The smallest absolute Gasteiger partial charge is 0.0113 e. The van der Waals surface area contributed by atoms with Crippen molar-refractivity contribution >= 4 is 0 Å². The van der Waals surface area contributed by atoms with Gasteiger partial charge in [0, 0.05) is 0 Å². The van der Waals surface area contributed by atoms with Gasteiger partial charge in [0.05, 0.1) is 0 Å². The van der Waals surface area contributed by atoms with Crippen molar-refractivity contribution in [2.45, 2.75) is 34.1 Å². The molecule has 0 saturated heterocycles. The van der Waals surface area contributed by atoms with Crippen LogP contribution in [0.25, 0.3) is 11.1 Å². The van der Waals surface area contributed by atoms with E-state index in [1.807, 2.05) is 0 Å². The van der Waals surface area contributed by atoms with Gasteiger partial charge in [-0.3, -0.25) is 0 Å². The number of benzene rings is 2. The monoisotopic (exact) mass is 223 g/mol. The average Bonchev–Trinajstić information content (AvgIpc) is 2.28. The molecular weight excluding hydrogens is 204 g/mol. The molecule has 0 heterocycles. The lowest BCUT2D eigenvalue weighted by molar-refractivity contribution is 1.14. The first-order valence-corrected chi connectivity index (χ1v) is 6.22. The molecule has 2 aromatic carbocycles. The topological polar surface area (TPSA) is 0 Å². The molecule has 0 saturated carbocycles. The molecule has 0 nitrogen and oxygen atoms in total. The normalized spacial score (nSPS) is 10.6. The summed E-state index contributed by atoms with van der Waals surface area (Å²) in [5.41, 5.74) is 7.95. The summed E-state index contributed by atoms with van der Waals surface area (Å²) in [7, 11) is 0. The molecule has 0 aliphatic carbocycles. The molecule has 0 aliphatic rings. The number of aryl methyl sites for hydroxylation is 4. The van der Waals surface area contributed by atoms with E-state index in [0.717, 1.165) is 6.42 Å². The van der Waals surface area contributed by atoms with Gasteiger partial charge in [-0.25, -0.2) is 0 Å². The van der Waals surface area contributed by atoms with Crippen molar-refractivity contribution in [3.8, 4) is 11.1 Å². The predicted octanol–water partition coefficient (Wildman–Crippen LogP) is 4.64. The van der Waals surface area contributed by atoms with E-state index < -0.39 is 0 Å². The first-order valence-electron chi connectivity index (χ1n) is 6.22. The Bertz CT molecular complexity index is 512. The first kappa shape index (κ1) is 11.9. The summed E-state index contributed by atoms with van der Waals surface area (Å²) >= 11 is 0. The van der Waals surface area contributed by atoms with Crippen LogP contribution in [0.2, 0.25) is 0 Å². The molecule has 0 N–H and O–H groups in total. The molecule has 0 amide bonds. The minimum absolute atomic E-state index is 1.07. The Morgan fingerprint density at radius 1 is 1.06 bits per heavy atom. The highest BCUT2D eigenvalue weighted by Crippen LogP contribution is 2.30. The molecule has 17 heavy (non-hydrogen) atoms. The van der Waals surface area contributed by atoms with Crippen LogP contribution < -0.4 is 0 Å². The molecule has 0 atom stereocenters. The fourth-order valence-electron chi connectivity index (χ4n) is 2.57. The second kappa shape index (κ2) is 4.75. The van der Waals surface area contributed by atoms with Crippen molar-refractivity contribution in [3.05, 3.63) is 58.7 Å². The van der Waals surface area contributed by atoms with Crippen LogP contribution in [0, 0.1) is 26.8 Å². The van der Waals surface area contributed by atoms with E-state index in [-0.39, 0.29) is 0 Å². The Labute approximate surface area is 104 Å². The Kier molecular flexibility index (Phi) is 3.33. The van der Waals surface area contributed by atoms with E-state index >= 15 is 0 Å². The molecule has 0 aromatic heterocycles. The molecule has 0 aliphatic heterocycles. The summed E-state index contributed by atoms with van der Waals surface area (Å²) in [4.78, 5) is 0. The third kappa shape index (κ3) is 2.26. The van der Waals surface area contributed by atoms with Crippen molar-refractivity contribution in [1.29, 1.82) is 0 Å². The van der Waals surface area contributed by atoms with Crippen LogP contribution in [0.15, 0.2) is 30.3 Å². The van der Waals surface area contributed by atoms with Crippen LogP contribution in [0.1, 0.15) is 29.2 Å². The van der Waals surface area contributed by atoms with Gasteiger partial charge in [-0.05, 0) is 66.6 Å². The second-order valence-electron chi connectivity index (χ2n) is 4.65. The van der Waals surface area contributed by atoms with Gasteiger partial charge in [-0.1, -0.05) is 37.3 Å². The fourth-order valence-corrected chi connectivity index (χ4v) is 2.57. The molecule has 0 fully saturated rings. The van der Waals surface area contributed by atoms with Crippen LogP contribution >= 0.6 is 0 Å². The molecule has 0 unspecified atom stereocenters. The van der Waals surface area contributed by atoms with Crippen LogP contribution in [0.5, 0.6) is 0 Å². The molecular formula is C17H19. The number of hydrogen-bond donors (Lipinski definition) is 0. The maximum atomic E-state index is 3.43. The fraction of sp³-hybridized carbons (Fsp3) is 0.294. The van der Waals surface area contributed by atoms with Crippen molar-refractivity contribution in [2.75, 3.05) is 0 Å². The molecule has 2 rings (SSSR count). The molecule has 2 aromatic rings. The minimum atomic E-state index is 1.07. The van der Waals surface area contributed by atoms with E-state index in [9.17, 15) is 0 Å². The SMILES string of the molecule is CCc1ccccc1-c1c(C)[c]c(C)cc1C. The lowest BCUT2D eigenvalue weighted by atomic mass is 9.90. The standard InChI is InChI=1S/C17H19/c1-5-15-8-6-7-9-16(15)17-13(3)10-12(2)11-14(17)4/h6-10H,5H2,1-4H3. The van der Waals surface area contributed by atoms with Gasteiger partial charge in [-0.15, -0.1) is 0 Å². The zero-order valence-electron chi connectivity index (χ0n) is 11.1. The van der Waals surface area contributed by atoms with E-state index in [2.05, 4.69) is 64.1 Å². The van der Waals surface area contributed by atoms with Crippen LogP contribution in [-0.4, -0.2) is 0 Å². The highest BCUT2D eigenvalue weighted by atomic mass is 14.1. The average molecular weight is 223 g/mol. The summed E-state index contributed by atoms with van der Waals surface area (Å²) < 4.78 is 0. The largest absolute Gasteiger partial charge is 0.0620 e. The van der Waals surface area contributed by atoms with Gasteiger partial charge in [0.15, 0.2) is 0 Å². The van der Waals surface area contributed by atoms with E-state index in [0.29, 0.717) is 0 Å². The number of hydrogen-bond acceptors (Lipinski definition) is 0. The minimum Gasteiger partial charge on any atom is -0.0620 e. The number of rotatable bonds is 2. The van der Waals surface area contributed by atoms with Gasteiger partial charge in [-0.2, -0.15) is 0 Å². The molecule has 0 heteroatoms. The summed E-state index contributed by atoms with van der Waals surface area (Å²) in [6.07, 6.45) is 1.07. The summed E-state index contributed by atoms with van der Waals surface area (Å²) in [6, 6.07) is 14.3. The maximum Gasteiger partial charge on any atom is -0.0113 e. The lowest BCUT2D eigenvalue weighted by Crippen LogP contribution is -1.94. The van der Waals surface area contributed by atoms with Crippen molar-refractivity contribution in [3.63, 3.8) is 0 Å². The van der Waals surface area contributed by atoms with Crippen LogP contribution in [0.3, 0.4) is 0 Å². The highest BCUT2D eigenvalue weighted by molar-refractivity contribution is 5.73. The molecule has 0 bridgehead atoms. The van der Waals surface area contributed by atoms with Crippen molar-refractivity contribution < 1.29 is 0 Å². The third-order valence-electron chi connectivity index (χ3n) is 3.25. The quantitative estimate of drug-likeness (QED) is 0.695. The first-order chi connectivity index (χ1) is 8.13. The van der Waals surface area contributed by atoms with E-state index in [1.165, 1.54) is 33.4 Å². The highest BCUT2D eigenvalue weighted by Gasteiger charge is 2.09. The molecule has 1 radical (unpaired) electrons. The lowest BCUT2D eigenvalue weighted by Gasteiger charge is -2.14. The zero-order chi connectivity index (χ0) is 12.4. The van der Waals surface area contributed by atoms with E-state index in [4.69, 9.17) is 0 Å². The van der Waals surface area contributed by atoms with Gasteiger partial charge in [0.25, 0.3) is 0 Å². The maximum absolute atomic E-state index is 3.43. The van der Waals surface area contributed by atoms with Gasteiger partial charge < -0.3 is 0 Å².